The Hall–Kier alpha value is -1.70. The van der Waals surface area contributed by atoms with Gasteiger partial charge >= 0.3 is 0 Å². The third kappa shape index (κ3) is 2.11. The van der Waals surface area contributed by atoms with E-state index in [0.29, 0.717) is 5.92 Å². The van der Waals surface area contributed by atoms with Gasteiger partial charge in [-0.2, -0.15) is 0 Å². The van der Waals surface area contributed by atoms with Gasteiger partial charge in [0.05, 0.1) is 0 Å². The van der Waals surface area contributed by atoms with E-state index < -0.39 is 0 Å². The lowest BCUT2D eigenvalue weighted by Gasteiger charge is -2.07. The molecule has 2 heterocycles. The van der Waals surface area contributed by atoms with Crippen LogP contribution in [0.4, 0.5) is 0 Å². The van der Waals surface area contributed by atoms with E-state index in [1.807, 2.05) is 24.7 Å². The third-order valence-electron chi connectivity index (χ3n) is 2.73. The first kappa shape index (κ1) is 10.8. The molecule has 2 nitrogen and oxygen atoms in total. The van der Waals surface area contributed by atoms with Crippen LogP contribution in [-0.4, -0.2) is 9.97 Å². The minimum Gasteiger partial charge on any atom is -0.264 e. The van der Waals surface area contributed by atoms with Gasteiger partial charge in [-0.3, -0.25) is 9.97 Å². The average Bonchev–Trinajstić information content (AvgIpc) is 2.30. The first-order valence-corrected chi connectivity index (χ1v) is 5.55. The van der Waals surface area contributed by atoms with Crippen LogP contribution in [-0.2, 0) is 0 Å². The lowest BCUT2D eigenvalue weighted by atomic mass is 10.0. The van der Waals surface area contributed by atoms with Gasteiger partial charge in [-0.25, -0.2) is 0 Å². The second-order valence-corrected chi connectivity index (χ2v) is 4.32. The summed E-state index contributed by atoms with van der Waals surface area (Å²) in [6.45, 7) is 6.39. The van der Waals surface area contributed by atoms with E-state index in [9.17, 15) is 0 Å². The summed E-state index contributed by atoms with van der Waals surface area (Å²) >= 11 is 0. The molecule has 2 rings (SSSR count). The van der Waals surface area contributed by atoms with Crippen LogP contribution >= 0.6 is 0 Å². The first-order valence-electron chi connectivity index (χ1n) is 5.55. The van der Waals surface area contributed by atoms with Crippen molar-refractivity contribution < 1.29 is 0 Å². The van der Waals surface area contributed by atoms with Crippen LogP contribution < -0.4 is 0 Å². The van der Waals surface area contributed by atoms with Crippen LogP contribution in [0, 0.1) is 6.92 Å². The minimum atomic E-state index is 0.476. The molecule has 0 radical (unpaired) electrons. The molecule has 0 fully saturated rings. The molecule has 2 heteroatoms. The molecule has 82 valence electrons. The molecule has 0 spiro atoms. The molecule has 0 saturated heterocycles. The maximum Gasteiger partial charge on any atom is 0.0429 e. The summed E-state index contributed by atoms with van der Waals surface area (Å²) in [6.07, 6.45) is 5.63. The maximum absolute atomic E-state index is 4.47. The topological polar surface area (TPSA) is 25.8 Å². The normalized spacial score (nSPS) is 10.8. The van der Waals surface area contributed by atoms with Crippen molar-refractivity contribution in [2.45, 2.75) is 26.7 Å². The Balaban J connectivity index is 2.39. The summed E-state index contributed by atoms with van der Waals surface area (Å²) in [6, 6.07) is 6.23. The molecule has 0 aliphatic carbocycles. The highest BCUT2D eigenvalue weighted by Crippen LogP contribution is 2.22. The molecule has 0 atom stereocenters. The van der Waals surface area contributed by atoms with Gasteiger partial charge in [0.1, 0.15) is 0 Å². The average molecular weight is 212 g/mol. The second-order valence-electron chi connectivity index (χ2n) is 4.32. The molecular formula is C14H16N2. The van der Waals surface area contributed by atoms with Crippen LogP contribution in [0.15, 0.2) is 36.8 Å². The van der Waals surface area contributed by atoms with E-state index in [-0.39, 0.29) is 0 Å². The van der Waals surface area contributed by atoms with Gasteiger partial charge in [-0.15, -0.1) is 0 Å². The zero-order chi connectivity index (χ0) is 11.5. The van der Waals surface area contributed by atoms with Crippen LogP contribution in [0.5, 0.6) is 0 Å². The molecule has 0 amide bonds. The smallest absolute Gasteiger partial charge is 0.0429 e. The summed E-state index contributed by atoms with van der Waals surface area (Å²) < 4.78 is 0. The molecule has 2 aromatic heterocycles. The predicted molar refractivity (Wildman–Crippen MR) is 66.3 cm³/mol. The molecule has 0 aliphatic rings. The van der Waals surface area contributed by atoms with Crippen molar-refractivity contribution in [3.05, 3.63) is 48.0 Å². The summed E-state index contributed by atoms with van der Waals surface area (Å²) in [5.41, 5.74) is 4.65. The Morgan fingerprint density at radius 3 is 2.44 bits per heavy atom. The van der Waals surface area contributed by atoms with E-state index in [2.05, 4.69) is 42.9 Å². The standard InChI is InChI=1S/C14H16N2/c1-10(2)14-5-4-12(8-16-14)13-9-15-7-6-11(13)3/h4-10H,1-3H3. The molecule has 16 heavy (non-hydrogen) atoms. The monoisotopic (exact) mass is 212 g/mol. The zero-order valence-corrected chi connectivity index (χ0v) is 9.94. The third-order valence-corrected chi connectivity index (χ3v) is 2.73. The highest BCUT2D eigenvalue weighted by atomic mass is 14.7. The lowest BCUT2D eigenvalue weighted by Crippen LogP contribution is -1.92. The highest BCUT2D eigenvalue weighted by Gasteiger charge is 2.04. The summed E-state index contributed by atoms with van der Waals surface area (Å²) in [7, 11) is 0. The fourth-order valence-electron chi connectivity index (χ4n) is 1.67. The Labute approximate surface area is 96.4 Å². The Kier molecular flexibility index (Phi) is 3.00. The van der Waals surface area contributed by atoms with E-state index in [0.717, 1.165) is 16.8 Å². The van der Waals surface area contributed by atoms with Crippen molar-refractivity contribution in [3.8, 4) is 11.1 Å². The van der Waals surface area contributed by atoms with E-state index in [1.54, 1.807) is 0 Å². The largest absolute Gasteiger partial charge is 0.264 e. The molecule has 0 bridgehead atoms. The maximum atomic E-state index is 4.47. The van der Waals surface area contributed by atoms with Gasteiger partial charge in [-0.1, -0.05) is 19.9 Å². The number of pyridine rings is 2. The molecule has 0 aromatic carbocycles. The van der Waals surface area contributed by atoms with Gasteiger partial charge in [-0.05, 0) is 30.5 Å². The van der Waals surface area contributed by atoms with Crippen LogP contribution in [0.25, 0.3) is 11.1 Å². The molecule has 0 N–H and O–H groups in total. The van der Waals surface area contributed by atoms with E-state index in [1.165, 1.54) is 5.56 Å². The van der Waals surface area contributed by atoms with Crippen molar-refractivity contribution >= 4 is 0 Å². The Morgan fingerprint density at radius 1 is 1.06 bits per heavy atom. The van der Waals surface area contributed by atoms with Crippen LogP contribution in [0.1, 0.15) is 31.0 Å². The van der Waals surface area contributed by atoms with E-state index in [4.69, 9.17) is 0 Å². The molecule has 0 aliphatic heterocycles. The van der Waals surface area contributed by atoms with Crippen LogP contribution in [0.2, 0.25) is 0 Å². The number of hydrogen-bond acceptors (Lipinski definition) is 2. The number of aryl methyl sites for hydroxylation is 1. The number of aromatic nitrogens is 2. The predicted octanol–water partition coefficient (Wildman–Crippen LogP) is 3.58. The summed E-state index contributed by atoms with van der Waals surface area (Å²) in [4.78, 5) is 8.62. The Bertz CT molecular complexity index is 472. The van der Waals surface area contributed by atoms with Crippen molar-refractivity contribution in [1.29, 1.82) is 0 Å². The van der Waals surface area contributed by atoms with Gasteiger partial charge < -0.3 is 0 Å². The first-order chi connectivity index (χ1) is 7.68. The van der Waals surface area contributed by atoms with Crippen molar-refractivity contribution in [1.82, 2.24) is 9.97 Å². The lowest BCUT2D eigenvalue weighted by molar-refractivity contribution is 0.823. The number of rotatable bonds is 2. The van der Waals surface area contributed by atoms with Gasteiger partial charge in [0.15, 0.2) is 0 Å². The number of nitrogens with zero attached hydrogens (tertiary/aromatic N) is 2. The fourth-order valence-corrected chi connectivity index (χ4v) is 1.67. The van der Waals surface area contributed by atoms with E-state index >= 15 is 0 Å². The highest BCUT2D eigenvalue weighted by molar-refractivity contribution is 5.65. The minimum absolute atomic E-state index is 0.476. The van der Waals surface area contributed by atoms with Crippen molar-refractivity contribution in [2.24, 2.45) is 0 Å². The van der Waals surface area contributed by atoms with Crippen molar-refractivity contribution in [3.63, 3.8) is 0 Å². The van der Waals surface area contributed by atoms with Crippen molar-refractivity contribution in [2.75, 3.05) is 0 Å². The van der Waals surface area contributed by atoms with Gasteiger partial charge in [0.2, 0.25) is 0 Å². The number of hydrogen-bond donors (Lipinski definition) is 0. The second kappa shape index (κ2) is 4.44. The van der Waals surface area contributed by atoms with Gasteiger partial charge in [0.25, 0.3) is 0 Å². The summed E-state index contributed by atoms with van der Waals surface area (Å²) in [5, 5.41) is 0. The molecule has 0 unspecified atom stereocenters. The fraction of sp³-hybridized carbons (Fsp3) is 0.286. The zero-order valence-electron chi connectivity index (χ0n) is 9.94. The Morgan fingerprint density at radius 2 is 1.88 bits per heavy atom. The molecular weight excluding hydrogens is 196 g/mol. The SMILES string of the molecule is Cc1ccncc1-c1ccc(C(C)C)nc1. The quantitative estimate of drug-likeness (QED) is 0.760. The van der Waals surface area contributed by atoms with Crippen LogP contribution in [0.3, 0.4) is 0 Å². The molecule has 0 saturated carbocycles. The summed E-state index contributed by atoms with van der Waals surface area (Å²) in [5.74, 6) is 0.476. The molecule has 2 aromatic rings. The van der Waals surface area contributed by atoms with Gasteiger partial charge in [0, 0.05) is 35.4 Å².